The minimum atomic E-state index is -1.27. The van der Waals surface area contributed by atoms with E-state index in [0.717, 1.165) is 24.8 Å². The number of aryl methyl sites for hydroxylation is 1. The van der Waals surface area contributed by atoms with Gasteiger partial charge in [-0.3, -0.25) is 19.8 Å². The predicted octanol–water partition coefficient (Wildman–Crippen LogP) is 4.96. The normalized spacial score (nSPS) is 19.8. The zero-order valence-corrected chi connectivity index (χ0v) is 25.0. The van der Waals surface area contributed by atoms with E-state index in [9.17, 15) is 19.8 Å². The second kappa shape index (κ2) is 15.3. The monoisotopic (exact) mass is 570 g/mol. The van der Waals surface area contributed by atoms with Gasteiger partial charge >= 0.3 is 5.97 Å². The van der Waals surface area contributed by atoms with Crippen LogP contribution in [-0.4, -0.2) is 71.2 Å². The van der Waals surface area contributed by atoms with Crippen LogP contribution < -0.4 is 14.8 Å². The zero-order valence-electron chi connectivity index (χ0n) is 25.0. The molecule has 226 valence electrons. The Morgan fingerprint density at radius 1 is 1.02 bits per heavy atom. The lowest BCUT2D eigenvalue weighted by atomic mass is 9.74. The molecule has 0 aromatic heterocycles. The first-order valence-corrected chi connectivity index (χ1v) is 14.7. The fourth-order valence-corrected chi connectivity index (χ4v) is 5.48. The van der Waals surface area contributed by atoms with Gasteiger partial charge in [-0.25, -0.2) is 0 Å². The number of carboxylic acid groups (broad SMARTS) is 1. The molecule has 0 saturated heterocycles. The quantitative estimate of drug-likeness (QED) is 0.130. The number of nitrogens with zero attached hydrogens (tertiary/aromatic N) is 1. The van der Waals surface area contributed by atoms with Crippen LogP contribution in [0.25, 0.3) is 0 Å². The number of ketones is 1. The highest BCUT2D eigenvalue weighted by Gasteiger charge is 2.52. The highest BCUT2D eigenvalue weighted by atomic mass is 16.5. The third kappa shape index (κ3) is 8.29. The van der Waals surface area contributed by atoms with Crippen molar-refractivity contribution >= 4 is 11.8 Å². The first-order valence-electron chi connectivity index (χ1n) is 14.7. The molecule has 0 bridgehead atoms. The number of carbonyl (C=O) groups excluding carboxylic acids is 1. The zero-order chi connectivity index (χ0) is 30.0. The van der Waals surface area contributed by atoms with Gasteiger partial charge in [-0.05, 0) is 77.1 Å². The third-order valence-electron chi connectivity index (χ3n) is 7.68. The van der Waals surface area contributed by atoms with Crippen LogP contribution in [0.3, 0.4) is 0 Å². The summed E-state index contributed by atoms with van der Waals surface area (Å²) in [5.74, 6) is -0.306. The lowest BCUT2D eigenvalue weighted by Gasteiger charge is -2.47. The number of carboxylic acids is 1. The smallest absolute Gasteiger partial charge is 0.324 e. The Morgan fingerprint density at radius 3 is 2.15 bits per heavy atom. The molecule has 0 spiro atoms. The number of hydrogen-bond donors (Lipinski definition) is 3. The molecular weight excluding hydrogens is 524 g/mol. The fourth-order valence-electron chi connectivity index (χ4n) is 5.48. The van der Waals surface area contributed by atoms with Crippen molar-refractivity contribution in [2.24, 2.45) is 0 Å². The molecule has 1 aliphatic rings. The average molecular weight is 571 g/mol. The minimum absolute atomic E-state index is 0.158. The van der Waals surface area contributed by atoms with E-state index in [2.05, 4.69) is 17.4 Å². The number of aliphatic hydroxyl groups is 1. The van der Waals surface area contributed by atoms with Gasteiger partial charge in [0.05, 0.1) is 19.3 Å². The summed E-state index contributed by atoms with van der Waals surface area (Å²) in [6.07, 6.45) is 1.74. The molecule has 41 heavy (non-hydrogen) atoms. The van der Waals surface area contributed by atoms with Gasteiger partial charge in [-0.1, -0.05) is 30.3 Å². The fraction of sp³-hybridized carbons (Fsp3) is 0.562. The summed E-state index contributed by atoms with van der Waals surface area (Å²) in [5.41, 5.74) is 1.15. The summed E-state index contributed by atoms with van der Waals surface area (Å²) >= 11 is 0. The van der Waals surface area contributed by atoms with Crippen LogP contribution >= 0.6 is 0 Å². The molecule has 9 nitrogen and oxygen atoms in total. The van der Waals surface area contributed by atoms with E-state index in [1.807, 2.05) is 62.9 Å². The summed E-state index contributed by atoms with van der Waals surface area (Å²) in [7, 11) is 0. The molecule has 2 atom stereocenters. The van der Waals surface area contributed by atoms with Gasteiger partial charge in [0.2, 0.25) is 0 Å². The number of carbonyl (C=O) groups is 2. The van der Waals surface area contributed by atoms with Crippen molar-refractivity contribution in [1.82, 2.24) is 10.2 Å². The predicted molar refractivity (Wildman–Crippen MR) is 157 cm³/mol. The van der Waals surface area contributed by atoms with Crippen molar-refractivity contribution in [2.75, 3.05) is 26.4 Å². The largest absolute Gasteiger partial charge is 0.493 e. The molecule has 1 aliphatic carbocycles. The number of benzene rings is 2. The number of hydrogen-bond acceptors (Lipinski definition) is 8. The van der Waals surface area contributed by atoms with Gasteiger partial charge in [-0.15, -0.1) is 0 Å². The Balaban J connectivity index is 1.89. The lowest BCUT2D eigenvalue weighted by molar-refractivity contribution is -0.168. The highest BCUT2D eigenvalue weighted by Crippen LogP contribution is 2.38. The number of unbranched alkanes of at least 4 members (excludes halogenated alkanes) is 1. The Bertz CT molecular complexity index is 1110. The summed E-state index contributed by atoms with van der Waals surface area (Å²) in [6, 6.07) is 13.5. The van der Waals surface area contributed by atoms with Crippen LogP contribution in [0.15, 0.2) is 42.5 Å². The lowest BCUT2D eigenvalue weighted by Crippen LogP contribution is -2.68. The maximum atomic E-state index is 12.5. The molecule has 0 aliphatic heterocycles. The number of rotatable bonds is 18. The van der Waals surface area contributed by atoms with E-state index >= 15 is 0 Å². The SMILES string of the molecule is CCOc1cc([C@@H](C)N(CCCCc2ccccc2)C(O)N[C@]2(C(=O)O)C[C@@H](OCC)C2)cc(OCC)c1C(C)=O. The number of Topliss-reactive ketones (excluding diaryl/α,β-unsaturated/α-hetero) is 1. The van der Waals surface area contributed by atoms with E-state index in [1.54, 1.807) is 0 Å². The standard InChI is InChI=1S/C32H46N2O7/c1-6-39-26-20-32(21-26,30(36)37)33-31(38)34(17-13-12-16-24-14-10-9-11-15-24)22(4)25-18-27(40-7-2)29(23(5)35)28(19-25)41-8-3/h9-11,14-15,18-19,22,26,31,33,38H,6-8,12-13,16-17,20-21H2,1-5H3,(H,36,37)/t22-,26-,31?,32-/m1/s1. The summed E-state index contributed by atoms with van der Waals surface area (Å²) in [4.78, 5) is 26.6. The second-order valence-corrected chi connectivity index (χ2v) is 10.6. The van der Waals surface area contributed by atoms with Crippen LogP contribution in [0.1, 0.15) is 87.8 Å². The van der Waals surface area contributed by atoms with E-state index in [4.69, 9.17) is 14.2 Å². The van der Waals surface area contributed by atoms with Crippen LogP contribution in [0.5, 0.6) is 11.5 Å². The van der Waals surface area contributed by atoms with Crippen LogP contribution in [0.2, 0.25) is 0 Å². The molecule has 2 aromatic carbocycles. The minimum Gasteiger partial charge on any atom is -0.493 e. The van der Waals surface area contributed by atoms with Crippen LogP contribution in [0, 0.1) is 0 Å². The molecule has 3 rings (SSSR count). The van der Waals surface area contributed by atoms with Gasteiger partial charge in [0, 0.05) is 32.0 Å². The molecule has 0 radical (unpaired) electrons. The molecule has 2 aromatic rings. The maximum Gasteiger partial charge on any atom is 0.324 e. The number of aliphatic carboxylic acids is 1. The van der Waals surface area contributed by atoms with Gasteiger partial charge in [0.15, 0.2) is 12.1 Å². The van der Waals surface area contributed by atoms with Crippen LogP contribution in [-0.2, 0) is 16.0 Å². The van der Waals surface area contributed by atoms with Gasteiger partial charge < -0.3 is 24.4 Å². The Hall–Kier alpha value is -2.98. The van der Waals surface area contributed by atoms with Crippen molar-refractivity contribution in [2.45, 2.75) is 90.8 Å². The summed E-state index contributed by atoms with van der Waals surface area (Å²) in [5, 5.41) is 24.6. The highest BCUT2D eigenvalue weighted by molar-refractivity contribution is 5.99. The van der Waals surface area contributed by atoms with E-state index in [0.29, 0.717) is 43.4 Å². The van der Waals surface area contributed by atoms with Gasteiger partial charge in [0.25, 0.3) is 0 Å². The topological polar surface area (TPSA) is 118 Å². The molecular formula is C32H46N2O7. The molecule has 1 fully saturated rings. The van der Waals surface area contributed by atoms with E-state index in [1.165, 1.54) is 12.5 Å². The first kappa shape index (κ1) is 32.5. The molecule has 0 heterocycles. The molecule has 1 unspecified atom stereocenters. The number of nitrogens with one attached hydrogen (secondary N) is 1. The first-order chi connectivity index (χ1) is 19.7. The van der Waals surface area contributed by atoms with E-state index in [-0.39, 0.29) is 30.8 Å². The van der Waals surface area contributed by atoms with Gasteiger partial charge in [0.1, 0.15) is 22.6 Å². The van der Waals surface area contributed by atoms with Crippen molar-refractivity contribution in [3.8, 4) is 11.5 Å². The number of aliphatic hydroxyl groups excluding tert-OH is 1. The van der Waals surface area contributed by atoms with Crippen molar-refractivity contribution in [1.29, 1.82) is 0 Å². The number of ether oxygens (including phenoxy) is 3. The molecule has 0 amide bonds. The Morgan fingerprint density at radius 2 is 1.63 bits per heavy atom. The van der Waals surface area contributed by atoms with E-state index < -0.39 is 17.9 Å². The Labute approximate surface area is 243 Å². The van der Waals surface area contributed by atoms with Crippen molar-refractivity contribution < 1.29 is 34.0 Å². The van der Waals surface area contributed by atoms with Crippen molar-refractivity contribution in [3.63, 3.8) is 0 Å². The Kier molecular flexibility index (Phi) is 12.1. The molecule has 3 N–H and O–H groups in total. The summed E-state index contributed by atoms with van der Waals surface area (Å²) < 4.78 is 17.3. The van der Waals surface area contributed by atoms with Gasteiger partial charge in [-0.2, -0.15) is 0 Å². The van der Waals surface area contributed by atoms with Crippen LogP contribution in [0.4, 0.5) is 0 Å². The summed E-state index contributed by atoms with van der Waals surface area (Å²) in [6.45, 7) is 10.8. The molecule has 9 heteroatoms. The molecule has 1 saturated carbocycles. The third-order valence-corrected chi connectivity index (χ3v) is 7.68. The maximum absolute atomic E-state index is 12.5. The second-order valence-electron chi connectivity index (χ2n) is 10.6. The van der Waals surface area contributed by atoms with Crippen molar-refractivity contribution in [3.05, 3.63) is 59.2 Å². The average Bonchev–Trinajstić information content (AvgIpc) is 2.91.